The molecule has 6 heteroatoms. The van der Waals surface area contributed by atoms with E-state index in [0.717, 1.165) is 57.8 Å². The number of carbonyl (C=O) groups is 2. The number of nitrogens with one attached hydrogen (secondary N) is 1. The van der Waals surface area contributed by atoms with Gasteiger partial charge in [0.25, 0.3) is 0 Å². The third-order valence-corrected chi connectivity index (χ3v) is 13.5. The maximum Gasteiger partial charge on any atom is 0.305 e. The lowest BCUT2D eigenvalue weighted by molar-refractivity contribution is -0.143. The zero-order valence-electron chi connectivity index (χ0n) is 43.7. The van der Waals surface area contributed by atoms with Crippen LogP contribution in [-0.4, -0.2) is 47.4 Å². The highest BCUT2D eigenvalue weighted by Crippen LogP contribution is 2.17. The van der Waals surface area contributed by atoms with Crippen LogP contribution < -0.4 is 5.32 Å². The Morgan fingerprint density at radius 2 is 0.723 bits per heavy atom. The third kappa shape index (κ3) is 51.6. The van der Waals surface area contributed by atoms with E-state index in [2.05, 4.69) is 31.3 Å². The summed E-state index contributed by atoms with van der Waals surface area (Å²) >= 11 is 0. The van der Waals surface area contributed by atoms with Crippen LogP contribution in [0.25, 0.3) is 0 Å². The number of hydrogen-bond acceptors (Lipinski definition) is 5. The molecule has 0 radical (unpaired) electrons. The van der Waals surface area contributed by atoms with Gasteiger partial charge in [-0.15, -0.1) is 0 Å². The Kier molecular flexibility index (Phi) is 53.5. The highest BCUT2D eigenvalue weighted by molar-refractivity contribution is 5.76. The van der Waals surface area contributed by atoms with Gasteiger partial charge >= 0.3 is 5.97 Å². The van der Waals surface area contributed by atoms with E-state index in [9.17, 15) is 19.8 Å². The predicted octanol–water partition coefficient (Wildman–Crippen LogP) is 17.9. The lowest BCUT2D eigenvalue weighted by Gasteiger charge is -2.20. The number of unbranched alkanes of at least 4 members (excludes halogenated alkanes) is 41. The molecule has 0 aliphatic rings. The van der Waals surface area contributed by atoms with E-state index in [1.807, 2.05) is 6.08 Å². The number of hydrogen-bond donors (Lipinski definition) is 3. The summed E-state index contributed by atoms with van der Waals surface area (Å²) in [6.07, 6.45) is 66.3. The van der Waals surface area contributed by atoms with Crippen molar-refractivity contribution in [3.05, 3.63) is 24.3 Å². The van der Waals surface area contributed by atoms with Gasteiger partial charge in [-0.3, -0.25) is 9.59 Å². The van der Waals surface area contributed by atoms with Gasteiger partial charge in [-0.25, -0.2) is 0 Å². The Bertz CT molecular complexity index is 1010. The van der Waals surface area contributed by atoms with Crippen molar-refractivity contribution in [1.82, 2.24) is 5.32 Å². The van der Waals surface area contributed by atoms with Crippen LogP contribution in [0, 0.1) is 0 Å². The maximum atomic E-state index is 12.4. The van der Waals surface area contributed by atoms with E-state index in [0.29, 0.717) is 19.4 Å². The Balaban J connectivity index is 3.43. The molecule has 0 heterocycles. The number of ether oxygens (including phenoxy) is 1. The second-order valence-electron chi connectivity index (χ2n) is 20.0. The molecule has 0 aromatic heterocycles. The molecule has 0 aromatic carbocycles. The fourth-order valence-electron chi connectivity index (χ4n) is 8.98. The summed E-state index contributed by atoms with van der Waals surface area (Å²) in [6, 6.07) is -0.636. The molecule has 0 aliphatic carbocycles. The topological polar surface area (TPSA) is 95.9 Å². The third-order valence-electron chi connectivity index (χ3n) is 13.5. The van der Waals surface area contributed by atoms with Gasteiger partial charge in [0.1, 0.15) is 0 Å². The minimum absolute atomic E-state index is 0.00646. The van der Waals surface area contributed by atoms with Crippen molar-refractivity contribution >= 4 is 11.9 Å². The normalized spacial score (nSPS) is 12.7. The average Bonchev–Trinajstić information content (AvgIpc) is 3.31. The van der Waals surface area contributed by atoms with Gasteiger partial charge in [-0.1, -0.05) is 269 Å². The first-order valence-electron chi connectivity index (χ1n) is 29.1. The number of aliphatic hydroxyl groups excluding tert-OH is 2. The lowest BCUT2D eigenvalue weighted by atomic mass is 10.0. The van der Waals surface area contributed by atoms with Crippen LogP contribution >= 0.6 is 0 Å². The molecule has 3 N–H and O–H groups in total. The summed E-state index contributed by atoms with van der Waals surface area (Å²) in [5, 5.41) is 23.0. The Labute approximate surface area is 405 Å². The number of aliphatic hydroxyl groups is 2. The summed E-state index contributed by atoms with van der Waals surface area (Å²) < 4.78 is 5.49. The zero-order valence-corrected chi connectivity index (χ0v) is 43.7. The molecular weight excluding hydrogens is 803 g/mol. The molecule has 0 aromatic rings. The fourth-order valence-corrected chi connectivity index (χ4v) is 8.98. The maximum absolute atomic E-state index is 12.4. The van der Waals surface area contributed by atoms with Gasteiger partial charge in [0.2, 0.25) is 5.91 Å². The number of esters is 1. The molecule has 0 saturated heterocycles. The SMILES string of the molecule is CCCCCCCCCCCC/C=C/C(O)C(CO)NC(=O)CCCCCCC/C=C\CCCCCCCCCCCOC(=O)CCCCCCCCCCCCCCCCCCCC. The van der Waals surface area contributed by atoms with Crippen molar-refractivity contribution < 1.29 is 24.5 Å². The number of allylic oxidation sites excluding steroid dienone is 3. The smallest absolute Gasteiger partial charge is 0.305 e. The van der Waals surface area contributed by atoms with Crippen molar-refractivity contribution in [2.24, 2.45) is 0 Å². The molecular formula is C59H113NO5. The molecule has 0 rings (SSSR count). The molecule has 0 aliphatic heterocycles. The molecule has 2 unspecified atom stereocenters. The Morgan fingerprint density at radius 3 is 1.09 bits per heavy atom. The monoisotopic (exact) mass is 916 g/mol. The Hall–Kier alpha value is -1.66. The fraction of sp³-hybridized carbons (Fsp3) is 0.898. The van der Waals surface area contributed by atoms with Crippen molar-refractivity contribution in [2.75, 3.05) is 13.2 Å². The Morgan fingerprint density at radius 1 is 0.415 bits per heavy atom. The van der Waals surface area contributed by atoms with Gasteiger partial charge in [0, 0.05) is 12.8 Å². The summed E-state index contributed by atoms with van der Waals surface area (Å²) in [5.74, 6) is -0.0760. The summed E-state index contributed by atoms with van der Waals surface area (Å²) in [5.41, 5.74) is 0. The van der Waals surface area contributed by atoms with Gasteiger partial charge in [-0.2, -0.15) is 0 Å². The zero-order chi connectivity index (χ0) is 47.2. The van der Waals surface area contributed by atoms with Crippen molar-refractivity contribution in [3.63, 3.8) is 0 Å². The van der Waals surface area contributed by atoms with Crippen molar-refractivity contribution in [1.29, 1.82) is 0 Å². The van der Waals surface area contributed by atoms with Crippen LogP contribution in [0.4, 0.5) is 0 Å². The molecule has 0 spiro atoms. The van der Waals surface area contributed by atoms with Crippen molar-refractivity contribution in [2.45, 2.75) is 328 Å². The van der Waals surface area contributed by atoms with E-state index in [1.165, 1.54) is 231 Å². The highest BCUT2D eigenvalue weighted by atomic mass is 16.5. The first-order chi connectivity index (χ1) is 32.0. The van der Waals surface area contributed by atoms with Crippen LogP contribution in [0.3, 0.4) is 0 Å². The average molecular weight is 917 g/mol. The molecule has 2 atom stereocenters. The van der Waals surface area contributed by atoms with Gasteiger partial charge in [0.15, 0.2) is 0 Å². The van der Waals surface area contributed by atoms with Gasteiger partial charge in [-0.05, 0) is 57.8 Å². The van der Waals surface area contributed by atoms with E-state index in [4.69, 9.17) is 4.74 Å². The largest absolute Gasteiger partial charge is 0.466 e. The number of carbonyl (C=O) groups excluding carboxylic acids is 2. The first kappa shape index (κ1) is 63.3. The quantitative estimate of drug-likeness (QED) is 0.0321. The van der Waals surface area contributed by atoms with Gasteiger partial charge < -0.3 is 20.3 Å². The van der Waals surface area contributed by atoms with E-state index in [1.54, 1.807) is 6.08 Å². The van der Waals surface area contributed by atoms with E-state index < -0.39 is 12.1 Å². The standard InChI is InChI=1S/C59H113NO5/c1-3-5-7-9-11-13-15-17-18-19-23-26-29-33-37-41-45-49-53-59(64)65-54-50-46-42-38-34-30-27-24-21-20-22-25-28-32-36-40-44-48-52-58(63)60-56(55-61)57(62)51-47-43-39-35-31-16-14-12-10-8-6-4-2/h22,25,47,51,56-57,61-62H,3-21,23-24,26-46,48-50,52-55H2,1-2H3,(H,60,63)/b25-22-,51-47+. The molecule has 0 saturated carbocycles. The van der Waals surface area contributed by atoms with Crippen LogP contribution in [-0.2, 0) is 14.3 Å². The molecule has 65 heavy (non-hydrogen) atoms. The molecule has 0 fully saturated rings. The van der Waals surface area contributed by atoms with E-state index in [-0.39, 0.29) is 18.5 Å². The van der Waals surface area contributed by atoms with Crippen LogP contribution in [0.15, 0.2) is 24.3 Å². The first-order valence-corrected chi connectivity index (χ1v) is 29.1. The lowest BCUT2D eigenvalue weighted by Crippen LogP contribution is -2.45. The van der Waals surface area contributed by atoms with Crippen LogP contribution in [0.2, 0.25) is 0 Å². The minimum Gasteiger partial charge on any atom is -0.466 e. The minimum atomic E-state index is -0.851. The molecule has 1 amide bonds. The number of rotatable bonds is 54. The van der Waals surface area contributed by atoms with E-state index >= 15 is 0 Å². The van der Waals surface area contributed by atoms with Crippen LogP contribution in [0.1, 0.15) is 316 Å². The summed E-state index contributed by atoms with van der Waals surface area (Å²) in [7, 11) is 0. The summed E-state index contributed by atoms with van der Waals surface area (Å²) in [4.78, 5) is 24.5. The van der Waals surface area contributed by atoms with Crippen LogP contribution in [0.5, 0.6) is 0 Å². The molecule has 6 nitrogen and oxygen atoms in total. The predicted molar refractivity (Wildman–Crippen MR) is 283 cm³/mol. The summed E-state index contributed by atoms with van der Waals surface area (Å²) in [6.45, 7) is 4.89. The second kappa shape index (κ2) is 54.9. The second-order valence-corrected chi connectivity index (χ2v) is 20.0. The van der Waals surface area contributed by atoms with Crippen molar-refractivity contribution in [3.8, 4) is 0 Å². The highest BCUT2D eigenvalue weighted by Gasteiger charge is 2.18. The van der Waals surface area contributed by atoms with Gasteiger partial charge in [0.05, 0.1) is 25.4 Å². The molecule has 0 bridgehead atoms. The molecule has 384 valence electrons. The number of amides is 1.